The highest BCUT2D eigenvalue weighted by Crippen LogP contribution is 2.28. The number of amides is 1. The van der Waals surface area contributed by atoms with Crippen molar-refractivity contribution in [3.8, 4) is 11.4 Å². The summed E-state index contributed by atoms with van der Waals surface area (Å²) >= 11 is 0. The maximum atomic E-state index is 12.5. The van der Waals surface area contributed by atoms with Gasteiger partial charge in [-0.15, -0.1) is 0 Å². The molecule has 0 spiro atoms. The van der Waals surface area contributed by atoms with Crippen LogP contribution in [0.1, 0.15) is 48.9 Å². The Morgan fingerprint density at radius 1 is 1.33 bits per heavy atom. The first-order chi connectivity index (χ1) is 14.5. The van der Waals surface area contributed by atoms with Crippen LogP contribution in [-0.2, 0) is 7.05 Å². The quantitative estimate of drug-likeness (QED) is 0.641. The van der Waals surface area contributed by atoms with Gasteiger partial charge in [-0.3, -0.25) is 9.48 Å². The molecule has 0 saturated heterocycles. The van der Waals surface area contributed by atoms with Gasteiger partial charge in [0, 0.05) is 25.9 Å². The highest BCUT2D eigenvalue weighted by Gasteiger charge is 2.21. The van der Waals surface area contributed by atoms with Gasteiger partial charge < -0.3 is 15.1 Å². The Kier molecular flexibility index (Phi) is 5.78. The number of nitrogens with one attached hydrogen (secondary N) is 2. The molecule has 0 radical (unpaired) electrons. The molecule has 3 aromatic rings. The molecule has 9 nitrogen and oxygen atoms in total. The van der Waals surface area contributed by atoms with E-state index in [1.807, 2.05) is 20.0 Å². The standard InChI is InChI=1S/C21H27N7O2/c1-13-5-4-6-15(9-13)11-22-19(29)20-25-16(12-30-20)18-14(2)10-23-21(27-18)26-17-7-8-24-28(17)3/h7-8,10,12-13,15H,4-6,9,11H2,1-3H3,(H,22,29)(H,23,26,27). The highest BCUT2D eigenvalue weighted by molar-refractivity contribution is 5.90. The Bertz CT molecular complexity index is 1030. The van der Waals surface area contributed by atoms with Gasteiger partial charge in [0.05, 0.1) is 6.20 Å². The molecule has 4 rings (SSSR count). The minimum Gasteiger partial charge on any atom is -0.440 e. The molecule has 3 heterocycles. The summed E-state index contributed by atoms with van der Waals surface area (Å²) in [6, 6.07) is 1.83. The third-order valence-electron chi connectivity index (χ3n) is 5.57. The van der Waals surface area contributed by atoms with Gasteiger partial charge >= 0.3 is 5.91 Å². The van der Waals surface area contributed by atoms with Gasteiger partial charge in [0.1, 0.15) is 23.5 Å². The first kappa shape index (κ1) is 20.1. The van der Waals surface area contributed by atoms with Crippen LogP contribution in [-0.4, -0.2) is 37.2 Å². The number of carbonyl (C=O) groups excluding carboxylic acids is 1. The summed E-state index contributed by atoms with van der Waals surface area (Å²) in [7, 11) is 1.83. The lowest BCUT2D eigenvalue weighted by Gasteiger charge is -2.26. The van der Waals surface area contributed by atoms with E-state index in [9.17, 15) is 4.79 Å². The topological polar surface area (TPSA) is 111 Å². The van der Waals surface area contributed by atoms with Crippen molar-refractivity contribution in [3.05, 3.63) is 36.2 Å². The van der Waals surface area contributed by atoms with Crippen molar-refractivity contribution < 1.29 is 9.21 Å². The molecule has 1 fully saturated rings. The molecule has 30 heavy (non-hydrogen) atoms. The maximum absolute atomic E-state index is 12.5. The molecule has 1 aliphatic carbocycles. The predicted octanol–water partition coefficient (Wildman–Crippen LogP) is 3.47. The number of nitrogens with zero attached hydrogens (tertiary/aromatic N) is 5. The van der Waals surface area contributed by atoms with Crippen LogP contribution in [0.5, 0.6) is 0 Å². The number of rotatable bonds is 6. The van der Waals surface area contributed by atoms with Gasteiger partial charge in [-0.1, -0.05) is 19.8 Å². The summed E-state index contributed by atoms with van der Waals surface area (Å²) in [6.07, 6.45) is 9.68. The average Bonchev–Trinajstić information content (AvgIpc) is 3.37. The number of hydrogen-bond donors (Lipinski definition) is 2. The molecule has 2 N–H and O–H groups in total. The van der Waals surface area contributed by atoms with Crippen LogP contribution in [0, 0.1) is 18.8 Å². The summed E-state index contributed by atoms with van der Waals surface area (Å²) in [5, 5.41) is 10.2. The number of aromatic nitrogens is 5. The normalized spacial score (nSPS) is 18.9. The number of hydrogen-bond acceptors (Lipinski definition) is 7. The molecular formula is C21H27N7O2. The second-order valence-electron chi connectivity index (χ2n) is 8.08. The average molecular weight is 409 g/mol. The Morgan fingerprint density at radius 3 is 2.97 bits per heavy atom. The SMILES string of the molecule is Cc1cnc(Nc2ccnn2C)nc1-c1coc(C(=O)NCC2CCCC(C)C2)n1. The van der Waals surface area contributed by atoms with Gasteiger partial charge in [-0.2, -0.15) is 5.10 Å². The Balaban J connectivity index is 1.44. The van der Waals surface area contributed by atoms with E-state index >= 15 is 0 Å². The van der Waals surface area contributed by atoms with Crippen LogP contribution < -0.4 is 10.6 Å². The largest absolute Gasteiger partial charge is 0.440 e. The molecule has 0 aliphatic heterocycles. The summed E-state index contributed by atoms with van der Waals surface area (Å²) < 4.78 is 7.13. The first-order valence-corrected chi connectivity index (χ1v) is 10.3. The Hall–Kier alpha value is -3.23. The van der Waals surface area contributed by atoms with Crippen LogP contribution in [0.3, 0.4) is 0 Å². The molecule has 0 bridgehead atoms. The predicted molar refractivity (Wildman–Crippen MR) is 112 cm³/mol. The van der Waals surface area contributed by atoms with E-state index < -0.39 is 0 Å². The maximum Gasteiger partial charge on any atom is 0.307 e. The van der Waals surface area contributed by atoms with Crippen LogP contribution in [0.4, 0.5) is 11.8 Å². The van der Waals surface area contributed by atoms with Gasteiger partial charge in [-0.25, -0.2) is 15.0 Å². The van der Waals surface area contributed by atoms with E-state index in [0.717, 1.165) is 30.1 Å². The van der Waals surface area contributed by atoms with Crippen molar-refractivity contribution >= 4 is 17.7 Å². The lowest BCUT2D eigenvalue weighted by molar-refractivity contribution is 0.0906. The molecule has 2 unspecified atom stereocenters. The molecule has 2 atom stereocenters. The van der Waals surface area contributed by atoms with E-state index in [0.29, 0.717) is 29.8 Å². The Labute approximate surface area is 175 Å². The van der Waals surface area contributed by atoms with Crippen molar-refractivity contribution in [1.29, 1.82) is 0 Å². The lowest BCUT2D eigenvalue weighted by atomic mass is 9.82. The zero-order valence-corrected chi connectivity index (χ0v) is 17.6. The third kappa shape index (κ3) is 4.50. The van der Waals surface area contributed by atoms with Crippen LogP contribution >= 0.6 is 0 Å². The highest BCUT2D eigenvalue weighted by atomic mass is 16.4. The number of carbonyl (C=O) groups is 1. The van der Waals surface area contributed by atoms with Crippen molar-refractivity contribution in [2.45, 2.75) is 39.5 Å². The lowest BCUT2D eigenvalue weighted by Crippen LogP contribution is -2.31. The summed E-state index contributed by atoms with van der Waals surface area (Å²) in [5.74, 6) is 2.19. The van der Waals surface area contributed by atoms with Crippen LogP contribution in [0.2, 0.25) is 0 Å². The van der Waals surface area contributed by atoms with Crippen molar-refractivity contribution in [1.82, 2.24) is 30.0 Å². The van der Waals surface area contributed by atoms with Gasteiger partial charge in [0.25, 0.3) is 5.89 Å². The Morgan fingerprint density at radius 2 is 2.20 bits per heavy atom. The monoisotopic (exact) mass is 409 g/mol. The van der Waals surface area contributed by atoms with E-state index in [-0.39, 0.29) is 11.8 Å². The zero-order chi connectivity index (χ0) is 21.1. The molecule has 1 saturated carbocycles. The molecule has 1 amide bonds. The molecule has 1 aliphatic rings. The van der Waals surface area contributed by atoms with Crippen LogP contribution in [0.25, 0.3) is 11.4 Å². The van der Waals surface area contributed by atoms with E-state index in [1.165, 1.54) is 19.1 Å². The van der Waals surface area contributed by atoms with Crippen molar-refractivity contribution in [2.75, 3.05) is 11.9 Å². The molecule has 0 aromatic carbocycles. The zero-order valence-electron chi connectivity index (χ0n) is 17.6. The van der Waals surface area contributed by atoms with Gasteiger partial charge in [0.2, 0.25) is 5.95 Å². The summed E-state index contributed by atoms with van der Waals surface area (Å²) in [4.78, 5) is 25.7. The summed E-state index contributed by atoms with van der Waals surface area (Å²) in [6.45, 7) is 4.82. The smallest absolute Gasteiger partial charge is 0.307 e. The van der Waals surface area contributed by atoms with Gasteiger partial charge in [-0.05, 0) is 37.2 Å². The first-order valence-electron chi connectivity index (χ1n) is 10.3. The number of anilines is 2. The fourth-order valence-electron chi connectivity index (χ4n) is 3.92. The second kappa shape index (κ2) is 8.64. The van der Waals surface area contributed by atoms with E-state index in [4.69, 9.17) is 4.42 Å². The van der Waals surface area contributed by atoms with Crippen molar-refractivity contribution in [2.24, 2.45) is 18.9 Å². The van der Waals surface area contributed by atoms with E-state index in [2.05, 4.69) is 37.6 Å². The molecule has 3 aromatic heterocycles. The molecular weight excluding hydrogens is 382 g/mol. The minimum atomic E-state index is -0.292. The van der Waals surface area contributed by atoms with Gasteiger partial charge in [0.15, 0.2) is 0 Å². The fourth-order valence-corrected chi connectivity index (χ4v) is 3.92. The number of oxazole rings is 1. The van der Waals surface area contributed by atoms with Crippen molar-refractivity contribution in [3.63, 3.8) is 0 Å². The minimum absolute atomic E-state index is 0.0491. The third-order valence-corrected chi connectivity index (χ3v) is 5.57. The summed E-state index contributed by atoms with van der Waals surface area (Å²) in [5.41, 5.74) is 1.94. The molecule has 158 valence electrons. The second-order valence-corrected chi connectivity index (χ2v) is 8.08. The van der Waals surface area contributed by atoms with Crippen LogP contribution in [0.15, 0.2) is 29.1 Å². The number of aryl methyl sites for hydroxylation is 2. The van der Waals surface area contributed by atoms with E-state index in [1.54, 1.807) is 17.1 Å². The molecule has 9 heteroatoms. The fraction of sp³-hybridized carbons (Fsp3) is 0.476.